The minimum atomic E-state index is -0.743. The Bertz CT molecular complexity index is 663. The van der Waals surface area contributed by atoms with E-state index in [0.717, 1.165) is 17.8 Å². The number of thiocarbonyl (C=S) groups is 1. The summed E-state index contributed by atoms with van der Waals surface area (Å²) in [6.45, 7) is 0. The van der Waals surface area contributed by atoms with E-state index in [1.54, 1.807) is 18.2 Å². The van der Waals surface area contributed by atoms with E-state index >= 15 is 0 Å². The third-order valence-electron chi connectivity index (χ3n) is 2.96. The number of halogens is 2. The van der Waals surface area contributed by atoms with Gasteiger partial charge in [-0.15, -0.1) is 0 Å². The van der Waals surface area contributed by atoms with Crippen molar-refractivity contribution >= 4 is 34.3 Å². The Labute approximate surface area is 127 Å². The van der Waals surface area contributed by atoms with Crippen LogP contribution in [0.3, 0.4) is 0 Å². The second-order valence-electron chi connectivity index (χ2n) is 4.75. The van der Waals surface area contributed by atoms with Crippen molar-refractivity contribution < 1.29 is 8.78 Å². The van der Waals surface area contributed by atoms with E-state index in [-0.39, 0.29) is 16.2 Å². The first kappa shape index (κ1) is 15.2. The molecule has 0 aliphatic rings. The zero-order chi connectivity index (χ0) is 15.6. The molecule has 0 spiro atoms. The molecule has 0 aliphatic heterocycles. The highest BCUT2D eigenvalue weighted by Crippen LogP contribution is 2.26. The molecule has 2 aromatic rings. The van der Waals surface area contributed by atoms with Crippen molar-refractivity contribution in [2.24, 2.45) is 5.73 Å². The zero-order valence-corrected chi connectivity index (χ0v) is 12.5. The SMILES string of the molecule is CN(C)c1cccc(Nc2c(F)cc(C(N)=S)cc2F)c1. The van der Waals surface area contributed by atoms with Crippen LogP contribution in [0, 0.1) is 11.6 Å². The summed E-state index contributed by atoms with van der Waals surface area (Å²) in [6.07, 6.45) is 0. The van der Waals surface area contributed by atoms with Gasteiger partial charge in [-0.25, -0.2) is 8.78 Å². The lowest BCUT2D eigenvalue weighted by Gasteiger charge is -2.15. The fourth-order valence-electron chi connectivity index (χ4n) is 1.84. The molecule has 0 amide bonds. The van der Waals surface area contributed by atoms with Gasteiger partial charge in [0.15, 0.2) is 0 Å². The molecule has 0 saturated carbocycles. The van der Waals surface area contributed by atoms with Gasteiger partial charge in [-0.3, -0.25) is 0 Å². The van der Waals surface area contributed by atoms with Gasteiger partial charge in [-0.05, 0) is 30.3 Å². The molecule has 0 atom stereocenters. The van der Waals surface area contributed by atoms with Crippen molar-refractivity contribution in [1.82, 2.24) is 0 Å². The second kappa shape index (κ2) is 6.05. The van der Waals surface area contributed by atoms with Crippen LogP contribution in [0.1, 0.15) is 5.56 Å². The molecule has 0 saturated heterocycles. The van der Waals surface area contributed by atoms with Crippen molar-refractivity contribution in [3.8, 4) is 0 Å². The largest absolute Gasteiger partial charge is 0.389 e. The van der Waals surface area contributed by atoms with E-state index in [2.05, 4.69) is 5.32 Å². The number of rotatable bonds is 4. The van der Waals surface area contributed by atoms with Crippen LogP contribution in [0.25, 0.3) is 0 Å². The fraction of sp³-hybridized carbons (Fsp3) is 0.133. The highest BCUT2D eigenvalue weighted by Gasteiger charge is 2.13. The molecule has 0 heterocycles. The van der Waals surface area contributed by atoms with Gasteiger partial charge in [0.05, 0.1) is 0 Å². The molecule has 0 bridgehead atoms. The lowest BCUT2D eigenvalue weighted by molar-refractivity contribution is 0.590. The first-order chi connectivity index (χ1) is 9.88. The highest BCUT2D eigenvalue weighted by atomic mass is 32.1. The molecule has 110 valence electrons. The molecule has 0 unspecified atom stereocenters. The van der Waals surface area contributed by atoms with Gasteiger partial charge in [0.25, 0.3) is 0 Å². The highest BCUT2D eigenvalue weighted by molar-refractivity contribution is 7.80. The number of hydrogen-bond acceptors (Lipinski definition) is 3. The summed E-state index contributed by atoms with van der Waals surface area (Å²) in [5.41, 5.74) is 6.81. The van der Waals surface area contributed by atoms with Gasteiger partial charge in [-0.1, -0.05) is 18.3 Å². The van der Waals surface area contributed by atoms with Gasteiger partial charge >= 0.3 is 0 Å². The van der Waals surface area contributed by atoms with Crippen LogP contribution in [0.5, 0.6) is 0 Å². The Balaban J connectivity index is 2.36. The van der Waals surface area contributed by atoms with Crippen molar-refractivity contribution in [3.63, 3.8) is 0 Å². The first-order valence-electron chi connectivity index (χ1n) is 6.21. The summed E-state index contributed by atoms with van der Waals surface area (Å²) in [4.78, 5) is 1.85. The van der Waals surface area contributed by atoms with Crippen LogP contribution >= 0.6 is 12.2 Å². The monoisotopic (exact) mass is 307 g/mol. The maximum absolute atomic E-state index is 14.0. The summed E-state index contributed by atoms with van der Waals surface area (Å²) < 4.78 is 28.0. The molecule has 0 aromatic heterocycles. The summed E-state index contributed by atoms with van der Waals surface area (Å²) in [6, 6.07) is 9.45. The number of benzene rings is 2. The fourth-order valence-corrected chi connectivity index (χ4v) is 1.96. The average Bonchev–Trinajstić information content (AvgIpc) is 2.42. The predicted octanol–water partition coefficient (Wildman–Crippen LogP) is 3.41. The number of nitrogens with one attached hydrogen (secondary N) is 1. The standard InChI is InChI=1S/C15H15F2N3S/c1-20(2)11-5-3-4-10(8-11)19-14-12(16)6-9(15(18)21)7-13(14)17/h3-8,19H,1-2H3,(H2,18,21). The summed E-state index contributed by atoms with van der Waals surface area (Å²) in [7, 11) is 3.77. The average molecular weight is 307 g/mol. The lowest BCUT2D eigenvalue weighted by Crippen LogP contribution is -2.11. The molecule has 3 nitrogen and oxygen atoms in total. The number of nitrogens with zero attached hydrogens (tertiary/aromatic N) is 1. The van der Waals surface area contributed by atoms with Crippen LogP contribution in [-0.2, 0) is 0 Å². The van der Waals surface area contributed by atoms with E-state index in [0.29, 0.717) is 5.69 Å². The summed E-state index contributed by atoms with van der Waals surface area (Å²) in [5, 5.41) is 2.74. The molecule has 6 heteroatoms. The van der Waals surface area contributed by atoms with Crippen LogP contribution in [-0.4, -0.2) is 19.1 Å². The second-order valence-corrected chi connectivity index (χ2v) is 5.19. The van der Waals surface area contributed by atoms with Crippen LogP contribution in [0.15, 0.2) is 36.4 Å². The Morgan fingerprint density at radius 1 is 1.14 bits per heavy atom. The Morgan fingerprint density at radius 3 is 2.29 bits per heavy atom. The first-order valence-corrected chi connectivity index (χ1v) is 6.62. The van der Waals surface area contributed by atoms with E-state index < -0.39 is 11.6 Å². The van der Waals surface area contributed by atoms with Gasteiger partial charge in [-0.2, -0.15) is 0 Å². The van der Waals surface area contributed by atoms with Crippen molar-refractivity contribution in [3.05, 3.63) is 53.6 Å². The van der Waals surface area contributed by atoms with Crippen LogP contribution in [0.2, 0.25) is 0 Å². The van der Waals surface area contributed by atoms with Crippen molar-refractivity contribution in [2.75, 3.05) is 24.3 Å². The molecular formula is C15H15F2N3S. The predicted molar refractivity (Wildman–Crippen MR) is 86.3 cm³/mol. The normalized spacial score (nSPS) is 10.3. The molecule has 0 radical (unpaired) electrons. The molecular weight excluding hydrogens is 292 g/mol. The molecule has 3 N–H and O–H groups in total. The van der Waals surface area contributed by atoms with Crippen LogP contribution in [0.4, 0.5) is 25.8 Å². The third-order valence-corrected chi connectivity index (χ3v) is 3.19. The van der Waals surface area contributed by atoms with Crippen molar-refractivity contribution in [1.29, 1.82) is 0 Å². The third kappa shape index (κ3) is 3.46. The minimum absolute atomic E-state index is 0.0473. The molecule has 2 rings (SSSR count). The zero-order valence-electron chi connectivity index (χ0n) is 11.7. The quantitative estimate of drug-likeness (QED) is 0.849. The van der Waals surface area contributed by atoms with Gasteiger partial charge in [0.2, 0.25) is 0 Å². The van der Waals surface area contributed by atoms with E-state index in [1.165, 1.54) is 0 Å². The maximum Gasteiger partial charge on any atom is 0.150 e. The van der Waals surface area contributed by atoms with Gasteiger partial charge in [0, 0.05) is 31.0 Å². The van der Waals surface area contributed by atoms with E-state index in [4.69, 9.17) is 18.0 Å². The smallest absolute Gasteiger partial charge is 0.150 e. The molecule has 0 aliphatic carbocycles. The molecule has 21 heavy (non-hydrogen) atoms. The van der Waals surface area contributed by atoms with E-state index in [9.17, 15) is 8.78 Å². The molecule has 0 fully saturated rings. The Hall–Kier alpha value is -2.21. The van der Waals surface area contributed by atoms with Gasteiger partial charge in [0.1, 0.15) is 22.3 Å². The summed E-state index contributed by atoms with van der Waals surface area (Å²) >= 11 is 4.72. The Kier molecular flexibility index (Phi) is 4.37. The summed E-state index contributed by atoms with van der Waals surface area (Å²) in [5.74, 6) is -1.49. The van der Waals surface area contributed by atoms with Crippen LogP contribution < -0.4 is 16.0 Å². The lowest BCUT2D eigenvalue weighted by atomic mass is 10.1. The Morgan fingerprint density at radius 2 is 1.76 bits per heavy atom. The number of nitrogens with two attached hydrogens (primary N) is 1. The molecule has 2 aromatic carbocycles. The van der Waals surface area contributed by atoms with Gasteiger partial charge < -0.3 is 16.0 Å². The number of hydrogen-bond donors (Lipinski definition) is 2. The van der Waals surface area contributed by atoms with E-state index in [1.807, 2.05) is 25.1 Å². The minimum Gasteiger partial charge on any atom is -0.389 e. The topological polar surface area (TPSA) is 41.3 Å². The van der Waals surface area contributed by atoms with Crippen molar-refractivity contribution in [2.45, 2.75) is 0 Å². The number of anilines is 3. The maximum atomic E-state index is 14.0.